The van der Waals surface area contributed by atoms with Gasteiger partial charge in [0.2, 0.25) is 0 Å². The van der Waals surface area contributed by atoms with Gasteiger partial charge in [-0.15, -0.1) is 0 Å². The van der Waals surface area contributed by atoms with Gasteiger partial charge in [0.25, 0.3) is 0 Å². The van der Waals surface area contributed by atoms with Crippen LogP contribution >= 0.6 is 0 Å². The Morgan fingerprint density at radius 3 is 1.90 bits per heavy atom. The lowest BCUT2D eigenvalue weighted by molar-refractivity contribution is 0.114. The molecule has 0 radical (unpaired) electrons. The van der Waals surface area contributed by atoms with Crippen LogP contribution in [0.25, 0.3) is 0 Å². The lowest BCUT2D eigenvalue weighted by Gasteiger charge is -2.17. The summed E-state index contributed by atoms with van der Waals surface area (Å²) in [5.74, 6) is 0.994. The summed E-state index contributed by atoms with van der Waals surface area (Å²) >= 11 is 0. The number of rotatable bonds is 10. The fourth-order valence-corrected chi connectivity index (χ4v) is 3.44. The van der Waals surface area contributed by atoms with Crippen molar-refractivity contribution in [3.8, 4) is 0 Å². The van der Waals surface area contributed by atoms with E-state index >= 15 is 0 Å². The number of hydrogen-bond donors (Lipinski definition) is 0. The van der Waals surface area contributed by atoms with Gasteiger partial charge in [0.1, 0.15) is 12.2 Å². The van der Waals surface area contributed by atoms with Crippen LogP contribution in [0, 0.1) is 5.92 Å². The molecule has 4 aliphatic heterocycles. The first kappa shape index (κ1) is 26.0. The van der Waals surface area contributed by atoms with Gasteiger partial charge in [-0.2, -0.15) is 0 Å². The van der Waals surface area contributed by atoms with Crippen LogP contribution < -0.4 is 0 Å². The van der Waals surface area contributed by atoms with E-state index in [1.54, 1.807) is 7.11 Å². The molecule has 30 heavy (non-hydrogen) atoms. The smallest absolute Gasteiger partial charge is 0.104 e. The molecule has 6 heteroatoms. The fraction of sp³-hybridized carbons (Fsp3) is 1.00. The predicted molar refractivity (Wildman–Crippen MR) is 118 cm³/mol. The SMILES string of the molecule is CCC1CO1.CCCC1CCC2OC2C1.CCCCOCC1CO1.COCC1CO1. The van der Waals surface area contributed by atoms with Crippen LogP contribution in [-0.4, -0.2) is 77.3 Å². The second kappa shape index (κ2) is 15.5. The second-order valence-corrected chi connectivity index (χ2v) is 8.84. The van der Waals surface area contributed by atoms with Crippen molar-refractivity contribution in [3.05, 3.63) is 0 Å². The molecule has 1 saturated carbocycles. The summed E-state index contributed by atoms with van der Waals surface area (Å²) in [6.07, 6.45) is 13.3. The van der Waals surface area contributed by atoms with E-state index in [1.165, 1.54) is 51.4 Å². The Bertz CT molecular complexity index is 409. The standard InChI is InChI=1S/C9H16O.C7H14O2.C4H8O2.C4H8O/c1-2-3-7-4-5-8-9(6-7)10-8;1-2-3-4-8-5-7-6-9-7;1-5-2-4-3-6-4;1-2-4-3-5-4/h7-9H,2-6H2,1H3;7H,2-6H2,1H3;4H,2-3H2,1H3;4H,2-3H2,1H3. The average molecular weight is 431 g/mol. The first-order valence-corrected chi connectivity index (χ1v) is 12.3. The van der Waals surface area contributed by atoms with Crippen LogP contribution in [0.3, 0.4) is 0 Å². The molecule has 5 rings (SSSR count). The molecule has 0 aromatic rings. The van der Waals surface area contributed by atoms with Gasteiger partial charge in [-0.1, -0.05) is 40.0 Å². The predicted octanol–water partition coefficient (Wildman–Crippen LogP) is 4.38. The Balaban J connectivity index is 0.000000148. The molecule has 4 saturated heterocycles. The van der Waals surface area contributed by atoms with Crippen LogP contribution in [0.15, 0.2) is 0 Å². The Kier molecular flexibility index (Phi) is 13.5. The monoisotopic (exact) mass is 430 g/mol. The van der Waals surface area contributed by atoms with Gasteiger partial charge in [0.05, 0.1) is 51.3 Å². The molecule has 0 aromatic carbocycles. The van der Waals surface area contributed by atoms with Crippen LogP contribution in [0.4, 0.5) is 0 Å². The lowest BCUT2D eigenvalue weighted by Crippen LogP contribution is -2.12. The molecule has 0 aromatic heterocycles. The number of hydrogen-bond acceptors (Lipinski definition) is 6. The number of ether oxygens (including phenoxy) is 6. The van der Waals surface area contributed by atoms with Gasteiger partial charge < -0.3 is 28.4 Å². The normalized spacial score (nSPS) is 34.0. The molecule has 4 heterocycles. The molecular formula is C24H46O6. The number of unbranched alkanes of at least 4 members (excludes halogenated alkanes) is 1. The van der Waals surface area contributed by atoms with E-state index < -0.39 is 0 Å². The van der Waals surface area contributed by atoms with E-state index in [4.69, 9.17) is 28.4 Å². The maximum absolute atomic E-state index is 5.45. The highest BCUT2D eigenvalue weighted by molar-refractivity contribution is 4.91. The molecule has 6 atom stereocenters. The minimum Gasteiger partial charge on any atom is -0.382 e. The number of methoxy groups -OCH3 is 1. The first-order chi connectivity index (χ1) is 14.7. The van der Waals surface area contributed by atoms with Crippen LogP contribution in [0.5, 0.6) is 0 Å². The Morgan fingerprint density at radius 2 is 1.47 bits per heavy atom. The third kappa shape index (κ3) is 13.9. The summed E-state index contributed by atoms with van der Waals surface area (Å²) in [5, 5.41) is 0. The summed E-state index contributed by atoms with van der Waals surface area (Å²) in [7, 11) is 1.68. The molecule has 0 amide bonds. The summed E-state index contributed by atoms with van der Waals surface area (Å²) in [6.45, 7) is 11.9. The average Bonchev–Trinajstić information content (AvgIpc) is 3.56. The molecule has 5 aliphatic rings. The van der Waals surface area contributed by atoms with Crippen molar-refractivity contribution in [2.75, 3.05) is 46.8 Å². The van der Waals surface area contributed by atoms with Crippen molar-refractivity contribution >= 4 is 0 Å². The highest BCUT2D eigenvalue weighted by atomic mass is 16.6. The van der Waals surface area contributed by atoms with E-state index in [0.29, 0.717) is 30.5 Å². The highest BCUT2D eigenvalue weighted by Gasteiger charge is 2.43. The lowest BCUT2D eigenvalue weighted by atomic mass is 9.86. The molecule has 0 N–H and O–H groups in total. The largest absolute Gasteiger partial charge is 0.382 e. The molecule has 5 fully saturated rings. The van der Waals surface area contributed by atoms with Crippen molar-refractivity contribution in [2.45, 2.75) is 103 Å². The summed E-state index contributed by atoms with van der Waals surface area (Å²) in [5.41, 5.74) is 0. The Hall–Kier alpha value is -0.240. The number of epoxide rings is 4. The van der Waals surface area contributed by atoms with Gasteiger partial charge in [-0.25, -0.2) is 0 Å². The van der Waals surface area contributed by atoms with Gasteiger partial charge >= 0.3 is 0 Å². The number of fused-ring (bicyclic) bond motifs is 1. The molecule has 6 nitrogen and oxygen atoms in total. The van der Waals surface area contributed by atoms with Gasteiger partial charge in [0.15, 0.2) is 0 Å². The first-order valence-electron chi connectivity index (χ1n) is 12.3. The third-order valence-electron chi connectivity index (χ3n) is 5.77. The zero-order chi connectivity index (χ0) is 21.6. The quantitative estimate of drug-likeness (QED) is 0.378. The molecule has 0 spiro atoms. The van der Waals surface area contributed by atoms with Crippen molar-refractivity contribution in [1.29, 1.82) is 0 Å². The van der Waals surface area contributed by atoms with E-state index in [2.05, 4.69) is 20.8 Å². The van der Waals surface area contributed by atoms with Crippen LogP contribution in [-0.2, 0) is 28.4 Å². The van der Waals surface area contributed by atoms with Gasteiger partial charge in [-0.05, 0) is 38.0 Å². The summed E-state index contributed by atoms with van der Waals surface area (Å²) < 4.78 is 30.1. The molecule has 1 aliphatic carbocycles. The van der Waals surface area contributed by atoms with Crippen molar-refractivity contribution in [3.63, 3.8) is 0 Å². The summed E-state index contributed by atoms with van der Waals surface area (Å²) in [6, 6.07) is 0. The molecule has 178 valence electrons. The maximum atomic E-state index is 5.45. The highest BCUT2D eigenvalue weighted by Crippen LogP contribution is 2.40. The van der Waals surface area contributed by atoms with E-state index in [-0.39, 0.29) is 0 Å². The van der Waals surface area contributed by atoms with E-state index in [9.17, 15) is 0 Å². The third-order valence-corrected chi connectivity index (χ3v) is 5.77. The van der Waals surface area contributed by atoms with Crippen molar-refractivity contribution in [1.82, 2.24) is 0 Å². The van der Waals surface area contributed by atoms with E-state index in [1.807, 2.05) is 0 Å². The summed E-state index contributed by atoms with van der Waals surface area (Å²) in [4.78, 5) is 0. The van der Waals surface area contributed by atoms with Crippen LogP contribution in [0.1, 0.15) is 72.1 Å². The van der Waals surface area contributed by atoms with Gasteiger partial charge in [0, 0.05) is 13.7 Å². The van der Waals surface area contributed by atoms with Crippen LogP contribution in [0.2, 0.25) is 0 Å². The molecule has 6 unspecified atom stereocenters. The maximum Gasteiger partial charge on any atom is 0.104 e. The minimum atomic E-state index is 0.426. The zero-order valence-corrected chi connectivity index (χ0v) is 19.8. The minimum absolute atomic E-state index is 0.426. The molecular weight excluding hydrogens is 384 g/mol. The zero-order valence-electron chi connectivity index (χ0n) is 19.8. The van der Waals surface area contributed by atoms with E-state index in [0.717, 1.165) is 45.6 Å². The Morgan fingerprint density at radius 1 is 0.800 bits per heavy atom. The Labute approximate surface area is 184 Å². The second-order valence-electron chi connectivity index (χ2n) is 8.84. The van der Waals surface area contributed by atoms with Crippen molar-refractivity contribution < 1.29 is 28.4 Å². The fourth-order valence-electron chi connectivity index (χ4n) is 3.44. The topological polar surface area (TPSA) is 68.6 Å². The van der Waals surface area contributed by atoms with Crippen molar-refractivity contribution in [2.24, 2.45) is 5.92 Å². The van der Waals surface area contributed by atoms with Gasteiger partial charge in [-0.3, -0.25) is 0 Å². The molecule has 0 bridgehead atoms.